The van der Waals surface area contributed by atoms with Crippen molar-refractivity contribution in [2.45, 2.75) is 54.9 Å². The first-order valence-corrected chi connectivity index (χ1v) is 9.55. The summed E-state index contributed by atoms with van der Waals surface area (Å²) in [6, 6.07) is 8.36. The van der Waals surface area contributed by atoms with Gasteiger partial charge in [-0.1, -0.05) is 30.7 Å². The third-order valence-electron chi connectivity index (χ3n) is 3.05. The second-order valence-corrected chi connectivity index (χ2v) is 5.44. The van der Waals surface area contributed by atoms with E-state index in [1.807, 2.05) is 26.8 Å². The molecule has 1 aromatic rings. The number of benzene rings is 1. The number of aryl methyl sites for hydroxylation is 2. The maximum atomic E-state index is 5.06. The molecule has 0 aliphatic carbocycles. The Morgan fingerprint density at radius 3 is 1.16 bits per heavy atom. The zero-order valence-corrected chi connectivity index (χ0v) is 36.5. The van der Waals surface area contributed by atoms with Crippen LogP contribution in [-0.2, 0) is 131 Å². The van der Waals surface area contributed by atoms with Crippen molar-refractivity contribution in [3.05, 3.63) is 156 Å². The average Bonchev–Trinajstić information content (AvgIpc) is 2.76. The van der Waals surface area contributed by atoms with Gasteiger partial charge in [0, 0.05) is 32.7 Å². The molecule has 0 nitrogen and oxygen atoms in total. The van der Waals surface area contributed by atoms with Crippen molar-refractivity contribution in [1.29, 1.82) is 0 Å². The quantitative estimate of drug-likeness (QED) is 0.206. The Balaban J connectivity index is -0.0000000245. The molecule has 1 radical (unpaired) electrons. The molecule has 0 amide bonds. The van der Waals surface area contributed by atoms with Crippen molar-refractivity contribution in [1.82, 2.24) is 0 Å². The van der Waals surface area contributed by atoms with E-state index in [0.717, 1.165) is 12.0 Å². The van der Waals surface area contributed by atoms with Crippen molar-refractivity contribution >= 4 is 0 Å². The Morgan fingerprint density at radius 2 is 1.08 bits per heavy atom. The van der Waals surface area contributed by atoms with Crippen LogP contribution >= 0.6 is 0 Å². The van der Waals surface area contributed by atoms with Gasteiger partial charge in [-0.25, -0.2) is 0 Å². The SMILES string of the molecule is Cc1ccccc1C.[CH-]=CC(C)=[C-]C.[CH-]=CC=[C-]C.[CH-]=CC=[C-]C.[CH-]=CCC=[C-]C.[CH3-].[CH3-].[CH3-].[Y+3].[Y+3].[Y+3].[Y]. The van der Waals surface area contributed by atoms with Crippen LogP contribution in [0.2, 0.25) is 0 Å². The van der Waals surface area contributed by atoms with Gasteiger partial charge in [0.2, 0.25) is 0 Å². The summed E-state index contributed by atoms with van der Waals surface area (Å²) in [6.07, 6.45) is 23.1. The fraction of sp³-hybridized carbons (Fsp3) is 0.242. The fourth-order valence-electron chi connectivity index (χ4n) is 1.12. The second kappa shape index (κ2) is 71.2. The van der Waals surface area contributed by atoms with Gasteiger partial charge in [-0.2, -0.15) is 6.92 Å². The van der Waals surface area contributed by atoms with E-state index in [2.05, 4.69) is 62.4 Å². The van der Waals surface area contributed by atoms with Crippen LogP contribution in [0.1, 0.15) is 52.2 Å². The monoisotopic (exact) mass is 799 g/mol. The first kappa shape index (κ1) is 71.6. The molecule has 0 aliphatic rings. The minimum Gasteiger partial charge on any atom is -0.518 e. The minimum absolute atomic E-state index is 0. The second-order valence-electron chi connectivity index (χ2n) is 5.44. The topological polar surface area (TPSA) is 0 Å². The molecule has 0 N–H and O–H groups in total. The smallest absolute Gasteiger partial charge is 0.518 e. The molecule has 193 valence electrons. The Bertz CT molecular complexity index is 615. The molecule has 1 aromatic carbocycles. The summed E-state index contributed by atoms with van der Waals surface area (Å²) in [7, 11) is 0. The Morgan fingerprint density at radius 1 is 0.730 bits per heavy atom. The van der Waals surface area contributed by atoms with Gasteiger partial charge in [0.15, 0.2) is 0 Å². The van der Waals surface area contributed by atoms with Crippen LogP contribution in [-0.4, -0.2) is 0 Å². The molecule has 0 bridgehead atoms. The average molecular weight is 799 g/mol. The molecule has 0 aromatic heterocycles. The molecular weight excluding hydrogens is 752 g/mol. The zero-order valence-electron chi connectivity index (χ0n) is 25.2. The maximum Gasteiger partial charge on any atom is 3.00 e. The van der Waals surface area contributed by atoms with Crippen LogP contribution in [0.5, 0.6) is 0 Å². The van der Waals surface area contributed by atoms with Crippen molar-refractivity contribution in [3.8, 4) is 0 Å². The minimum atomic E-state index is 0. The third kappa shape index (κ3) is 85.6. The van der Waals surface area contributed by atoms with Crippen LogP contribution < -0.4 is 0 Å². The summed E-state index contributed by atoms with van der Waals surface area (Å²) in [5.74, 6) is 0. The van der Waals surface area contributed by atoms with Crippen LogP contribution in [0.3, 0.4) is 0 Å². The predicted octanol–water partition coefficient (Wildman–Crippen LogP) is 9.84. The predicted molar refractivity (Wildman–Crippen MR) is 154 cm³/mol. The van der Waals surface area contributed by atoms with E-state index in [-0.39, 0.29) is 153 Å². The number of allylic oxidation sites excluding steroid dienone is 12. The van der Waals surface area contributed by atoms with E-state index >= 15 is 0 Å². The van der Waals surface area contributed by atoms with E-state index in [1.54, 1.807) is 32.1 Å². The Labute approximate surface area is 336 Å². The van der Waals surface area contributed by atoms with Crippen LogP contribution in [0.4, 0.5) is 0 Å². The van der Waals surface area contributed by atoms with E-state index in [9.17, 15) is 0 Å². The molecule has 0 saturated heterocycles. The Kier molecular flexibility index (Phi) is 138. The van der Waals surface area contributed by atoms with Crippen molar-refractivity contribution in [2.24, 2.45) is 0 Å². The molecular formula is C33H47Y4-2. The molecule has 0 spiro atoms. The maximum absolute atomic E-state index is 5.06. The number of rotatable bonds is 5. The van der Waals surface area contributed by atoms with Crippen LogP contribution in [0, 0.1) is 86.7 Å². The van der Waals surface area contributed by atoms with Gasteiger partial charge in [0.1, 0.15) is 0 Å². The normalized spacial score (nSPS) is 7.81. The van der Waals surface area contributed by atoms with Crippen molar-refractivity contribution in [2.75, 3.05) is 0 Å². The van der Waals surface area contributed by atoms with E-state index in [0.29, 0.717) is 0 Å². The van der Waals surface area contributed by atoms with Gasteiger partial charge >= 0.3 is 98.1 Å². The fourth-order valence-corrected chi connectivity index (χ4v) is 1.12. The van der Waals surface area contributed by atoms with Crippen molar-refractivity contribution < 1.29 is 131 Å². The molecule has 37 heavy (non-hydrogen) atoms. The third-order valence-corrected chi connectivity index (χ3v) is 3.05. The van der Waals surface area contributed by atoms with E-state index in [4.69, 9.17) is 26.3 Å². The van der Waals surface area contributed by atoms with Gasteiger partial charge in [-0.05, 0) is 25.0 Å². The molecule has 0 atom stereocenters. The first-order chi connectivity index (χ1) is 14.4. The molecule has 0 aliphatic heterocycles. The number of hydrogen-bond acceptors (Lipinski definition) is 0. The van der Waals surface area contributed by atoms with Crippen molar-refractivity contribution in [3.63, 3.8) is 0 Å². The van der Waals surface area contributed by atoms with Gasteiger partial charge in [-0.3, -0.25) is 12.2 Å². The first-order valence-electron chi connectivity index (χ1n) is 9.55. The van der Waals surface area contributed by atoms with Crippen LogP contribution in [0.15, 0.2) is 72.4 Å². The molecule has 0 heterocycles. The van der Waals surface area contributed by atoms with E-state index in [1.165, 1.54) is 29.4 Å². The molecule has 1 rings (SSSR count). The standard InChI is InChI=1S/C8H10.2C6H8.2C5H6.3CH3.4Y/c1-7-5-3-4-6-8(7)2;1-4-6(3)5-2;1-3-5-6-4-2;2*1-3-5-4-2;;;;;;;/h3-6H,1-2H3;1,4H,2-3H3;1,3,6H,5H2,2H3;2*1,3,5H,2H3;3*1H3;;;;/q;4*-2;3*-1;;3*+3. The number of hydrogen-bond donors (Lipinski definition) is 0. The molecule has 0 saturated carbocycles. The summed E-state index contributed by atoms with van der Waals surface area (Å²) in [5, 5.41) is 0. The summed E-state index contributed by atoms with van der Waals surface area (Å²) >= 11 is 0. The van der Waals surface area contributed by atoms with E-state index < -0.39 is 0 Å². The Hall–Kier alpha value is 1.56. The molecule has 0 unspecified atom stereocenters. The van der Waals surface area contributed by atoms with Gasteiger partial charge in [0.05, 0.1) is 0 Å². The summed E-state index contributed by atoms with van der Waals surface area (Å²) < 4.78 is 0. The van der Waals surface area contributed by atoms with Gasteiger partial charge in [0.25, 0.3) is 0 Å². The van der Waals surface area contributed by atoms with Gasteiger partial charge < -0.3 is 109 Å². The molecule has 4 heteroatoms. The van der Waals surface area contributed by atoms with Crippen LogP contribution in [0.25, 0.3) is 0 Å². The zero-order chi connectivity index (χ0) is 24.0. The molecule has 0 fully saturated rings. The summed E-state index contributed by atoms with van der Waals surface area (Å²) in [6.45, 7) is 33.3. The summed E-state index contributed by atoms with van der Waals surface area (Å²) in [4.78, 5) is 0. The largest absolute Gasteiger partial charge is 3.00 e. The summed E-state index contributed by atoms with van der Waals surface area (Å²) in [5.41, 5.74) is 3.73. The van der Waals surface area contributed by atoms with Gasteiger partial charge in [-0.15, -0.1) is 27.7 Å².